The van der Waals surface area contributed by atoms with Crippen LogP contribution in [0.15, 0.2) is 24.3 Å². The molecular weight excluding hydrogens is 228 g/mol. The van der Waals surface area contributed by atoms with E-state index in [2.05, 4.69) is 15.7 Å². The minimum absolute atomic E-state index is 0.000697. The van der Waals surface area contributed by atoms with Crippen molar-refractivity contribution in [2.75, 3.05) is 10.7 Å². The number of nitrogen functional groups attached to an aromatic ring is 1. The SMILES string of the molecule is CC1CC(=O)Nc2nc(NN)c3ccccc3c21. The Morgan fingerprint density at radius 1 is 1.39 bits per heavy atom. The molecule has 1 amide bonds. The summed E-state index contributed by atoms with van der Waals surface area (Å²) in [6, 6.07) is 7.93. The highest BCUT2D eigenvalue weighted by molar-refractivity contribution is 6.03. The lowest BCUT2D eigenvalue weighted by Gasteiger charge is -2.24. The molecule has 1 aromatic carbocycles. The highest BCUT2D eigenvalue weighted by Crippen LogP contribution is 2.38. The van der Waals surface area contributed by atoms with Crippen LogP contribution >= 0.6 is 0 Å². The lowest BCUT2D eigenvalue weighted by atomic mass is 9.90. The van der Waals surface area contributed by atoms with Crippen molar-refractivity contribution in [1.29, 1.82) is 0 Å². The number of carbonyl (C=O) groups is 1. The third-order valence-corrected chi connectivity index (χ3v) is 3.33. The van der Waals surface area contributed by atoms with Crippen LogP contribution in [0.2, 0.25) is 0 Å². The highest BCUT2D eigenvalue weighted by Gasteiger charge is 2.26. The molecule has 1 unspecified atom stereocenters. The molecule has 0 saturated carbocycles. The Labute approximate surface area is 104 Å². The molecule has 1 atom stereocenters. The zero-order valence-electron chi connectivity index (χ0n) is 10.0. The molecule has 2 aromatic rings. The van der Waals surface area contributed by atoms with Crippen LogP contribution in [0.1, 0.15) is 24.8 Å². The maximum atomic E-state index is 11.6. The Bertz CT molecular complexity index is 638. The number of hydrazine groups is 1. The number of rotatable bonds is 1. The lowest BCUT2D eigenvalue weighted by molar-refractivity contribution is -0.116. The normalized spacial score (nSPS) is 18.3. The van der Waals surface area contributed by atoms with E-state index in [9.17, 15) is 4.79 Å². The molecule has 3 rings (SSSR count). The molecule has 92 valence electrons. The summed E-state index contributed by atoms with van der Waals surface area (Å²) in [4.78, 5) is 16.0. The van der Waals surface area contributed by atoms with Gasteiger partial charge in [-0.2, -0.15) is 0 Å². The molecule has 0 fully saturated rings. The van der Waals surface area contributed by atoms with Crippen LogP contribution in [-0.2, 0) is 4.79 Å². The maximum Gasteiger partial charge on any atom is 0.226 e. The molecule has 0 bridgehead atoms. The summed E-state index contributed by atoms with van der Waals surface area (Å²) in [6.07, 6.45) is 0.494. The average Bonchev–Trinajstić information content (AvgIpc) is 2.36. The fourth-order valence-corrected chi connectivity index (χ4v) is 2.55. The largest absolute Gasteiger partial charge is 0.310 e. The number of benzene rings is 1. The van der Waals surface area contributed by atoms with E-state index in [0.717, 1.165) is 16.3 Å². The van der Waals surface area contributed by atoms with Crippen LogP contribution in [0.4, 0.5) is 11.6 Å². The molecule has 0 aliphatic carbocycles. The number of amides is 1. The Kier molecular flexibility index (Phi) is 2.41. The molecule has 1 aliphatic heterocycles. The second kappa shape index (κ2) is 3.96. The third-order valence-electron chi connectivity index (χ3n) is 3.33. The molecule has 5 nitrogen and oxygen atoms in total. The molecule has 4 N–H and O–H groups in total. The summed E-state index contributed by atoms with van der Waals surface area (Å²) in [6.45, 7) is 2.04. The van der Waals surface area contributed by atoms with E-state index in [0.29, 0.717) is 18.1 Å². The number of aromatic nitrogens is 1. The van der Waals surface area contributed by atoms with E-state index < -0.39 is 0 Å². The van der Waals surface area contributed by atoms with Gasteiger partial charge in [-0.15, -0.1) is 0 Å². The van der Waals surface area contributed by atoms with E-state index in [1.54, 1.807) is 0 Å². The molecule has 0 saturated heterocycles. The molecule has 0 radical (unpaired) electrons. The van der Waals surface area contributed by atoms with Gasteiger partial charge in [0.25, 0.3) is 0 Å². The van der Waals surface area contributed by atoms with Gasteiger partial charge in [0, 0.05) is 17.4 Å². The maximum absolute atomic E-state index is 11.6. The highest BCUT2D eigenvalue weighted by atomic mass is 16.1. The number of fused-ring (bicyclic) bond motifs is 3. The Morgan fingerprint density at radius 3 is 2.83 bits per heavy atom. The smallest absolute Gasteiger partial charge is 0.226 e. The second-order valence-corrected chi connectivity index (χ2v) is 4.57. The van der Waals surface area contributed by atoms with E-state index in [1.165, 1.54) is 0 Å². The van der Waals surface area contributed by atoms with Crippen molar-refractivity contribution in [3.63, 3.8) is 0 Å². The van der Waals surface area contributed by atoms with Gasteiger partial charge in [0.2, 0.25) is 5.91 Å². The van der Waals surface area contributed by atoms with Gasteiger partial charge in [-0.25, -0.2) is 10.8 Å². The van der Waals surface area contributed by atoms with E-state index >= 15 is 0 Å². The summed E-state index contributed by atoms with van der Waals surface area (Å²) < 4.78 is 0. The van der Waals surface area contributed by atoms with Crippen molar-refractivity contribution in [1.82, 2.24) is 4.98 Å². The monoisotopic (exact) mass is 242 g/mol. The number of hydrogen-bond acceptors (Lipinski definition) is 4. The van der Waals surface area contributed by atoms with Crippen molar-refractivity contribution in [3.05, 3.63) is 29.8 Å². The molecule has 1 aromatic heterocycles. The van der Waals surface area contributed by atoms with Crippen LogP contribution in [0.5, 0.6) is 0 Å². The fourth-order valence-electron chi connectivity index (χ4n) is 2.55. The van der Waals surface area contributed by atoms with Crippen molar-refractivity contribution in [3.8, 4) is 0 Å². The third kappa shape index (κ3) is 1.52. The van der Waals surface area contributed by atoms with Gasteiger partial charge in [0.15, 0.2) is 0 Å². The molecule has 2 heterocycles. The van der Waals surface area contributed by atoms with Gasteiger partial charge in [0.1, 0.15) is 11.6 Å². The van der Waals surface area contributed by atoms with Gasteiger partial charge in [0.05, 0.1) is 0 Å². The first kappa shape index (κ1) is 11.0. The first-order chi connectivity index (χ1) is 8.70. The number of hydrogen-bond donors (Lipinski definition) is 3. The number of pyridine rings is 1. The van der Waals surface area contributed by atoms with E-state index in [4.69, 9.17) is 5.84 Å². The van der Waals surface area contributed by atoms with Crippen molar-refractivity contribution in [2.24, 2.45) is 5.84 Å². The van der Waals surface area contributed by atoms with Crippen LogP contribution in [-0.4, -0.2) is 10.9 Å². The Morgan fingerprint density at radius 2 is 2.11 bits per heavy atom. The minimum atomic E-state index is 0.000697. The molecular formula is C13H14N4O. The fraction of sp³-hybridized carbons (Fsp3) is 0.231. The van der Waals surface area contributed by atoms with Crippen molar-refractivity contribution < 1.29 is 4.79 Å². The summed E-state index contributed by atoms with van der Waals surface area (Å²) in [5.74, 6) is 6.86. The first-order valence-corrected chi connectivity index (χ1v) is 5.90. The number of carbonyl (C=O) groups excluding carboxylic acids is 1. The summed E-state index contributed by atoms with van der Waals surface area (Å²) in [5, 5.41) is 4.87. The lowest BCUT2D eigenvalue weighted by Crippen LogP contribution is -2.24. The standard InChI is InChI=1S/C13H14N4O/c1-7-6-10(18)15-13-11(7)8-4-2-3-5-9(8)12(16-13)17-14/h2-5,7H,6,14H2,1H3,(H2,15,16,17,18). The Hall–Kier alpha value is -2.14. The first-order valence-electron chi connectivity index (χ1n) is 5.90. The van der Waals surface area contributed by atoms with Crippen LogP contribution in [0.25, 0.3) is 10.8 Å². The summed E-state index contributed by atoms with van der Waals surface area (Å²) in [7, 11) is 0. The van der Waals surface area contributed by atoms with Crippen LogP contribution < -0.4 is 16.6 Å². The summed E-state index contributed by atoms with van der Waals surface area (Å²) in [5.41, 5.74) is 3.67. The second-order valence-electron chi connectivity index (χ2n) is 4.57. The van der Waals surface area contributed by atoms with Gasteiger partial charge in [-0.3, -0.25) is 4.79 Å². The van der Waals surface area contributed by atoms with Gasteiger partial charge >= 0.3 is 0 Å². The van der Waals surface area contributed by atoms with Gasteiger partial charge < -0.3 is 10.7 Å². The Balaban J connectivity index is 2.37. The number of nitrogens with two attached hydrogens (primary N) is 1. The minimum Gasteiger partial charge on any atom is -0.310 e. The topological polar surface area (TPSA) is 80.0 Å². The van der Waals surface area contributed by atoms with Gasteiger partial charge in [-0.05, 0) is 11.3 Å². The zero-order valence-corrected chi connectivity index (χ0v) is 10.0. The van der Waals surface area contributed by atoms with Crippen LogP contribution in [0.3, 0.4) is 0 Å². The molecule has 0 spiro atoms. The van der Waals surface area contributed by atoms with Crippen molar-refractivity contribution in [2.45, 2.75) is 19.3 Å². The number of anilines is 2. The molecule has 18 heavy (non-hydrogen) atoms. The zero-order chi connectivity index (χ0) is 12.7. The van der Waals surface area contributed by atoms with Crippen LogP contribution in [0, 0.1) is 0 Å². The summed E-state index contributed by atoms with van der Waals surface area (Å²) >= 11 is 0. The average molecular weight is 242 g/mol. The predicted octanol–water partition coefficient (Wildman–Crippen LogP) is 1.97. The molecule has 5 heteroatoms. The number of nitrogens with one attached hydrogen (secondary N) is 2. The molecule has 1 aliphatic rings. The van der Waals surface area contributed by atoms with Crippen molar-refractivity contribution >= 4 is 28.3 Å². The van der Waals surface area contributed by atoms with E-state index in [1.807, 2.05) is 31.2 Å². The predicted molar refractivity (Wildman–Crippen MR) is 71.2 cm³/mol. The quantitative estimate of drug-likeness (QED) is 0.527. The van der Waals surface area contributed by atoms with Gasteiger partial charge in [-0.1, -0.05) is 31.2 Å². The number of nitrogens with zero attached hydrogens (tertiary/aromatic N) is 1. The van der Waals surface area contributed by atoms with E-state index in [-0.39, 0.29) is 11.8 Å².